The first-order valence-corrected chi connectivity index (χ1v) is 4.00. The van der Waals surface area contributed by atoms with E-state index < -0.39 is 24.7 Å². The summed E-state index contributed by atoms with van der Waals surface area (Å²) >= 11 is 0. The van der Waals surface area contributed by atoms with E-state index in [1.165, 1.54) is 24.0 Å². The molecule has 6 heteroatoms. The highest BCUT2D eigenvalue weighted by atomic mass is 19.3. The Morgan fingerprint density at radius 1 is 1.71 bits per heavy atom. The third-order valence-electron chi connectivity index (χ3n) is 1.94. The predicted octanol–water partition coefficient (Wildman–Crippen LogP) is 1.24. The van der Waals surface area contributed by atoms with Gasteiger partial charge >= 0.3 is 5.97 Å². The minimum atomic E-state index is -2.69. The Balaban J connectivity index is 2.88. The van der Waals surface area contributed by atoms with Crippen molar-refractivity contribution in [2.24, 2.45) is 7.05 Å². The van der Waals surface area contributed by atoms with Crippen LogP contribution >= 0.6 is 0 Å². The monoisotopic (exact) mass is 204 g/mol. The van der Waals surface area contributed by atoms with Gasteiger partial charge in [-0.15, -0.1) is 0 Å². The summed E-state index contributed by atoms with van der Waals surface area (Å²) in [7, 11) is 1.51. The molecule has 1 atom stereocenters. The van der Waals surface area contributed by atoms with Crippen molar-refractivity contribution >= 4 is 5.97 Å². The average molecular weight is 204 g/mol. The van der Waals surface area contributed by atoms with Crippen LogP contribution in [0.5, 0.6) is 0 Å². The number of hydrogen-bond donors (Lipinski definition) is 1. The van der Waals surface area contributed by atoms with Crippen molar-refractivity contribution in [3.8, 4) is 0 Å². The molecule has 0 amide bonds. The Morgan fingerprint density at radius 2 is 2.36 bits per heavy atom. The lowest BCUT2D eigenvalue weighted by molar-refractivity contribution is -0.138. The number of aryl methyl sites for hydroxylation is 1. The largest absolute Gasteiger partial charge is 0.481 e. The molecule has 1 heterocycles. The van der Waals surface area contributed by atoms with Crippen LogP contribution in [0.4, 0.5) is 8.78 Å². The molecule has 14 heavy (non-hydrogen) atoms. The van der Waals surface area contributed by atoms with Gasteiger partial charge in [0.1, 0.15) is 0 Å². The van der Waals surface area contributed by atoms with E-state index in [9.17, 15) is 13.6 Å². The van der Waals surface area contributed by atoms with Crippen LogP contribution in [0, 0.1) is 0 Å². The summed E-state index contributed by atoms with van der Waals surface area (Å²) in [5, 5.41) is 12.2. The Bertz CT molecular complexity index is 325. The smallest absolute Gasteiger partial charge is 0.304 e. The minimum Gasteiger partial charge on any atom is -0.481 e. The summed E-state index contributed by atoms with van der Waals surface area (Å²) in [5.74, 6) is -2.53. The number of nitrogens with zero attached hydrogens (tertiary/aromatic N) is 2. The molecule has 78 valence electrons. The van der Waals surface area contributed by atoms with Crippen molar-refractivity contribution in [3.63, 3.8) is 0 Å². The van der Waals surface area contributed by atoms with Crippen LogP contribution in [0.25, 0.3) is 0 Å². The second-order valence-electron chi connectivity index (χ2n) is 2.92. The van der Waals surface area contributed by atoms with E-state index in [0.717, 1.165) is 0 Å². The first-order chi connectivity index (χ1) is 6.52. The van der Waals surface area contributed by atoms with E-state index in [2.05, 4.69) is 5.10 Å². The zero-order chi connectivity index (χ0) is 10.7. The van der Waals surface area contributed by atoms with Crippen molar-refractivity contribution in [3.05, 3.63) is 18.0 Å². The number of rotatable bonds is 4. The Labute approximate surface area is 79.2 Å². The number of alkyl halides is 2. The third-order valence-corrected chi connectivity index (χ3v) is 1.94. The summed E-state index contributed by atoms with van der Waals surface area (Å²) in [4.78, 5) is 10.4. The number of hydrogen-bond acceptors (Lipinski definition) is 2. The summed E-state index contributed by atoms with van der Waals surface area (Å²) in [6, 6.07) is 1.40. The van der Waals surface area contributed by atoms with Gasteiger partial charge < -0.3 is 5.11 Å². The lowest BCUT2D eigenvalue weighted by atomic mass is 10.0. The molecule has 1 N–H and O–H groups in total. The second kappa shape index (κ2) is 4.17. The highest BCUT2D eigenvalue weighted by Gasteiger charge is 2.27. The van der Waals surface area contributed by atoms with Gasteiger partial charge in [-0.1, -0.05) is 0 Å². The van der Waals surface area contributed by atoms with Crippen molar-refractivity contribution in [1.82, 2.24) is 9.78 Å². The van der Waals surface area contributed by atoms with Gasteiger partial charge in [-0.25, -0.2) is 8.78 Å². The molecule has 0 saturated carbocycles. The molecule has 0 radical (unpaired) electrons. The predicted molar refractivity (Wildman–Crippen MR) is 44.2 cm³/mol. The summed E-state index contributed by atoms with van der Waals surface area (Å²) in [5.41, 5.74) is 0.238. The highest BCUT2D eigenvalue weighted by molar-refractivity contribution is 5.68. The van der Waals surface area contributed by atoms with Crippen molar-refractivity contribution in [2.45, 2.75) is 18.8 Å². The van der Waals surface area contributed by atoms with Crippen LogP contribution in [0.15, 0.2) is 12.3 Å². The van der Waals surface area contributed by atoms with Gasteiger partial charge in [-0.3, -0.25) is 9.48 Å². The third kappa shape index (κ3) is 2.27. The van der Waals surface area contributed by atoms with Gasteiger partial charge in [0.05, 0.1) is 12.3 Å². The molecule has 1 aromatic heterocycles. The van der Waals surface area contributed by atoms with E-state index in [0.29, 0.717) is 0 Å². The maximum absolute atomic E-state index is 12.5. The zero-order valence-electron chi connectivity index (χ0n) is 7.52. The molecule has 0 fully saturated rings. The van der Waals surface area contributed by atoms with Gasteiger partial charge in [0.2, 0.25) is 6.43 Å². The zero-order valence-corrected chi connectivity index (χ0v) is 7.52. The number of carbonyl (C=O) groups is 1. The number of carboxylic acid groups (broad SMARTS) is 1. The molecule has 1 aromatic rings. The number of aromatic nitrogens is 2. The van der Waals surface area contributed by atoms with E-state index in [1.54, 1.807) is 0 Å². The SMILES string of the molecule is Cn1nccc1C(CC(=O)O)C(F)F. The van der Waals surface area contributed by atoms with E-state index in [1.807, 2.05) is 0 Å². The number of carboxylic acids is 1. The second-order valence-corrected chi connectivity index (χ2v) is 2.92. The Hall–Kier alpha value is -1.46. The maximum Gasteiger partial charge on any atom is 0.304 e. The van der Waals surface area contributed by atoms with Crippen molar-refractivity contribution < 1.29 is 18.7 Å². The molecule has 1 rings (SSSR count). The van der Waals surface area contributed by atoms with Gasteiger partial charge in [0, 0.05) is 18.9 Å². The Kier molecular flexibility index (Phi) is 3.16. The quantitative estimate of drug-likeness (QED) is 0.802. The van der Waals surface area contributed by atoms with Crippen LogP contribution in [-0.4, -0.2) is 27.3 Å². The highest BCUT2D eigenvalue weighted by Crippen LogP contribution is 2.25. The molecule has 4 nitrogen and oxygen atoms in total. The van der Waals surface area contributed by atoms with E-state index in [4.69, 9.17) is 5.11 Å². The molecule has 0 aliphatic rings. The minimum absolute atomic E-state index is 0.238. The van der Waals surface area contributed by atoms with Gasteiger partial charge in [0.25, 0.3) is 0 Å². The van der Waals surface area contributed by atoms with Crippen molar-refractivity contribution in [1.29, 1.82) is 0 Å². The molecule has 0 aliphatic carbocycles. The molecule has 0 aromatic carbocycles. The molecule has 0 saturated heterocycles. The standard InChI is InChI=1S/C8H10F2N2O2/c1-12-6(2-3-11-12)5(8(9)10)4-7(13)14/h2-3,5,8H,4H2,1H3,(H,13,14). The van der Waals surface area contributed by atoms with Gasteiger partial charge in [-0.2, -0.15) is 5.10 Å². The topological polar surface area (TPSA) is 55.1 Å². The fourth-order valence-corrected chi connectivity index (χ4v) is 1.26. The normalized spacial score (nSPS) is 13.1. The molecule has 0 aliphatic heterocycles. The molecular weight excluding hydrogens is 194 g/mol. The summed E-state index contributed by atoms with van der Waals surface area (Å²) < 4.78 is 26.3. The first-order valence-electron chi connectivity index (χ1n) is 4.00. The fraction of sp³-hybridized carbons (Fsp3) is 0.500. The Morgan fingerprint density at radius 3 is 2.71 bits per heavy atom. The lowest BCUT2D eigenvalue weighted by Crippen LogP contribution is -2.17. The first kappa shape index (κ1) is 10.6. The van der Waals surface area contributed by atoms with Crippen LogP contribution in [0.1, 0.15) is 18.0 Å². The van der Waals surface area contributed by atoms with Gasteiger partial charge in [-0.05, 0) is 6.07 Å². The summed E-state index contributed by atoms with van der Waals surface area (Å²) in [6.07, 6.45) is -1.91. The van der Waals surface area contributed by atoms with Crippen LogP contribution in [-0.2, 0) is 11.8 Å². The molecular formula is C8H10F2N2O2. The maximum atomic E-state index is 12.5. The molecule has 0 spiro atoms. The molecule has 0 bridgehead atoms. The van der Waals surface area contributed by atoms with Gasteiger partial charge in [0.15, 0.2) is 0 Å². The van der Waals surface area contributed by atoms with Crippen molar-refractivity contribution in [2.75, 3.05) is 0 Å². The summed E-state index contributed by atoms with van der Waals surface area (Å²) in [6.45, 7) is 0. The van der Waals surface area contributed by atoms with Crippen LogP contribution < -0.4 is 0 Å². The van der Waals surface area contributed by atoms with E-state index in [-0.39, 0.29) is 5.69 Å². The fourth-order valence-electron chi connectivity index (χ4n) is 1.26. The van der Waals surface area contributed by atoms with Crippen LogP contribution in [0.2, 0.25) is 0 Å². The number of aliphatic carboxylic acids is 1. The number of halogens is 2. The van der Waals surface area contributed by atoms with E-state index >= 15 is 0 Å². The average Bonchev–Trinajstić information content (AvgIpc) is 2.46. The van der Waals surface area contributed by atoms with Crippen LogP contribution in [0.3, 0.4) is 0 Å². The lowest BCUT2D eigenvalue weighted by Gasteiger charge is -2.13. The molecule has 1 unspecified atom stereocenters.